The summed E-state index contributed by atoms with van der Waals surface area (Å²) in [6, 6.07) is 2.10. The Balaban J connectivity index is 3.77. The molecule has 0 aromatic carbocycles. The van der Waals surface area contributed by atoms with Crippen LogP contribution >= 0.6 is 0 Å². The van der Waals surface area contributed by atoms with E-state index in [0.717, 1.165) is 0 Å². The van der Waals surface area contributed by atoms with Crippen LogP contribution < -0.4 is 5.32 Å². The van der Waals surface area contributed by atoms with Gasteiger partial charge in [-0.2, -0.15) is 5.26 Å². The molecule has 0 rings (SSSR count). The normalized spacial score (nSPS) is 11.8. The van der Waals surface area contributed by atoms with Crippen molar-refractivity contribution in [2.75, 3.05) is 27.2 Å². The van der Waals surface area contributed by atoms with Crippen molar-refractivity contribution in [3.8, 4) is 6.07 Å². The molecule has 74 valence electrons. The minimum atomic E-state index is -0.0939. The lowest BCUT2D eigenvalue weighted by atomic mass is 10.2. The Hall–Kier alpha value is -1.08. The van der Waals surface area contributed by atoms with Crippen LogP contribution in [-0.4, -0.2) is 38.0 Å². The van der Waals surface area contributed by atoms with Crippen LogP contribution in [-0.2, 0) is 4.79 Å². The summed E-state index contributed by atoms with van der Waals surface area (Å²) in [5.41, 5.74) is 0. The highest BCUT2D eigenvalue weighted by Gasteiger charge is 2.10. The molecule has 1 unspecified atom stereocenters. The van der Waals surface area contributed by atoms with Crippen molar-refractivity contribution in [3.63, 3.8) is 0 Å². The van der Waals surface area contributed by atoms with Crippen molar-refractivity contribution >= 4 is 5.91 Å². The lowest BCUT2D eigenvalue weighted by Crippen LogP contribution is -2.32. The Morgan fingerprint density at radius 1 is 1.69 bits per heavy atom. The Labute approximate surface area is 79.5 Å². The van der Waals surface area contributed by atoms with Gasteiger partial charge in [0.1, 0.15) is 0 Å². The standard InChI is InChI=1S/C9H17N3O/c1-8(6-10)7-12(3)9(13)4-5-11-2/h8,11H,4-5,7H2,1-3H3. The molecule has 0 aliphatic carbocycles. The predicted octanol–water partition coefficient (Wildman–Crippen LogP) is 0.214. The third-order valence-corrected chi connectivity index (χ3v) is 1.78. The van der Waals surface area contributed by atoms with Crippen LogP contribution in [0.15, 0.2) is 0 Å². The van der Waals surface area contributed by atoms with Crippen LogP contribution in [0.3, 0.4) is 0 Å². The summed E-state index contributed by atoms with van der Waals surface area (Å²) in [6.07, 6.45) is 0.491. The highest BCUT2D eigenvalue weighted by atomic mass is 16.2. The average molecular weight is 183 g/mol. The van der Waals surface area contributed by atoms with Crippen LogP contribution in [0, 0.1) is 17.2 Å². The fourth-order valence-corrected chi connectivity index (χ4v) is 0.976. The molecule has 13 heavy (non-hydrogen) atoms. The highest BCUT2D eigenvalue weighted by molar-refractivity contribution is 5.76. The first kappa shape index (κ1) is 11.9. The number of hydrogen-bond donors (Lipinski definition) is 1. The summed E-state index contributed by atoms with van der Waals surface area (Å²) in [6.45, 7) is 3.00. The van der Waals surface area contributed by atoms with Gasteiger partial charge in [0.25, 0.3) is 0 Å². The zero-order chi connectivity index (χ0) is 10.3. The Morgan fingerprint density at radius 3 is 2.77 bits per heavy atom. The maximum atomic E-state index is 11.3. The van der Waals surface area contributed by atoms with Crippen LogP contribution in [0.5, 0.6) is 0 Å². The van der Waals surface area contributed by atoms with E-state index in [2.05, 4.69) is 11.4 Å². The molecular weight excluding hydrogens is 166 g/mol. The summed E-state index contributed by atoms with van der Waals surface area (Å²) in [5.74, 6) is -0.0139. The second-order valence-electron chi connectivity index (χ2n) is 3.16. The summed E-state index contributed by atoms with van der Waals surface area (Å²) in [7, 11) is 3.54. The zero-order valence-electron chi connectivity index (χ0n) is 8.50. The summed E-state index contributed by atoms with van der Waals surface area (Å²) in [5, 5.41) is 11.4. The monoisotopic (exact) mass is 183 g/mol. The lowest BCUT2D eigenvalue weighted by molar-refractivity contribution is -0.130. The van der Waals surface area contributed by atoms with E-state index in [9.17, 15) is 4.79 Å². The molecule has 0 aliphatic rings. The summed E-state index contributed by atoms with van der Waals surface area (Å²) < 4.78 is 0. The molecule has 0 radical (unpaired) electrons. The number of nitriles is 1. The van der Waals surface area contributed by atoms with Crippen LogP contribution in [0.4, 0.5) is 0 Å². The van der Waals surface area contributed by atoms with Crippen molar-refractivity contribution in [2.24, 2.45) is 5.92 Å². The van der Waals surface area contributed by atoms with Gasteiger partial charge in [0, 0.05) is 26.6 Å². The van der Waals surface area contributed by atoms with Crippen molar-refractivity contribution in [1.82, 2.24) is 10.2 Å². The predicted molar refractivity (Wildman–Crippen MR) is 51.0 cm³/mol. The largest absolute Gasteiger partial charge is 0.344 e. The molecule has 4 heteroatoms. The van der Waals surface area contributed by atoms with E-state index in [-0.39, 0.29) is 11.8 Å². The van der Waals surface area contributed by atoms with Gasteiger partial charge < -0.3 is 10.2 Å². The van der Waals surface area contributed by atoms with Gasteiger partial charge in [-0.15, -0.1) is 0 Å². The molecule has 0 heterocycles. The number of carbonyl (C=O) groups is 1. The molecule has 0 bridgehead atoms. The van der Waals surface area contributed by atoms with Gasteiger partial charge in [-0.25, -0.2) is 0 Å². The van der Waals surface area contributed by atoms with Gasteiger partial charge in [-0.05, 0) is 14.0 Å². The quantitative estimate of drug-likeness (QED) is 0.663. The molecule has 0 aromatic rings. The molecule has 1 atom stereocenters. The molecule has 0 spiro atoms. The molecule has 0 saturated carbocycles. The highest BCUT2D eigenvalue weighted by Crippen LogP contribution is 1.97. The fraction of sp³-hybridized carbons (Fsp3) is 0.778. The summed E-state index contributed by atoms with van der Waals surface area (Å²) in [4.78, 5) is 12.9. The topological polar surface area (TPSA) is 56.1 Å². The molecule has 0 aromatic heterocycles. The van der Waals surface area contributed by atoms with E-state index >= 15 is 0 Å². The van der Waals surface area contributed by atoms with Crippen LogP contribution in [0.25, 0.3) is 0 Å². The van der Waals surface area contributed by atoms with E-state index in [0.29, 0.717) is 19.5 Å². The van der Waals surface area contributed by atoms with Gasteiger partial charge >= 0.3 is 0 Å². The first-order valence-electron chi connectivity index (χ1n) is 4.40. The molecule has 0 fully saturated rings. The van der Waals surface area contributed by atoms with Crippen molar-refractivity contribution in [1.29, 1.82) is 5.26 Å². The number of carbonyl (C=O) groups excluding carboxylic acids is 1. The third kappa shape index (κ3) is 5.21. The van der Waals surface area contributed by atoms with E-state index < -0.39 is 0 Å². The maximum absolute atomic E-state index is 11.3. The molecule has 4 nitrogen and oxygen atoms in total. The summed E-state index contributed by atoms with van der Waals surface area (Å²) >= 11 is 0. The van der Waals surface area contributed by atoms with Gasteiger partial charge in [0.15, 0.2) is 0 Å². The molecule has 0 saturated heterocycles. The molecular formula is C9H17N3O. The first-order chi connectivity index (χ1) is 6.11. The maximum Gasteiger partial charge on any atom is 0.223 e. The Kier molecular flexibility index (Phi) is 5.90. The van der Waals surface area contributed by atoms with Crippen molar-refractivity contribution in [2.45, 2.75) is 13.3 Å². The van der Waals surface area contributed by atoms with E-state index in [1.807, 2.05) is 14.0 Å². The SMILES string of the molecule is CNCCC(=O)N(C)CC(C)C#N. The minimum absolute atomic E-state index is 0.0800. The molecule has 1 amide bonds. The number of amides is 1. The Bertz CT molecular complexity index is 198. The van der Waals surface area contributed by atoms with Gasteiger partial charge in [-0.1, -0.05) is 0 Å². The Morgan fingerprint density at radius 2 is 2.31 bits per heavy atom. The lowest BCUT2D eigenvalue weighted by Gasteiger charge is -2.17. The molecule has 0 aliphatic heterocycles. The zero-order valence-corrected chi connectivity index (χ0v) is 8.50. The van der Waals surface area contributed by atoms with Gasteiger partial charge in [0.05, 0.1) is 12.0 Å². The van der Waals surface area contributed by atoms with E-state index in [1.165, 1.54) is 0 Å². The van der Waals surface area contributed by atoms with Crippen LogP contribution in [0.1, 0.15) is 13.3 Å². The number of hydrogen-bond acceptors (Lipinski definition) is 3. The second kappa shape index (κ2) is 6.44. The van der Waals surface area contributed by atoms with Crippen molar-refractivity contribution < 1.29 is 4.79 Å². The van der Waals surface area contributed by atoms with E-state index in [4.69, 9.17) is 5.26 Å². The van der Waals surface area contributed by atoms with Crippen LogP contribution in [0.2, 0.25) is 0 Å². The number of rotatable bonds is 5. The van der Waals surface area contributed by atoms with Gasteiger partial charge in [-0.3, -0.25) is 4.79 Å². The average Bonchev–Trinajstić information content (AvgIpc) is 2.13. The number of nitrogens with one attached hydrogen (secondary N) is 1. The van der Waals surface area contributed by atoms with Gasteiger partial charge in [0.2, 0.25) is 5.91 Å². The first-order valence-corrected chi connectivity index (χ1v) is 4.40. The third-order valence-electron chi connectivity index (χ3n) is 1.78. The minimum Gasteiger partial charge on any atom is -0.344 e. The second-order valence-corrected chi connectivity index (χ2v) is 3.16. The van der Waals surface area contributed by atoms with Crippen molar-refractivity contribution in [3.05, 3.63) is 0 Å². The van der Waals surface area contributed by atoms with E-state index in [1.54, 1.807) is 11.9 Å². The molecule has 1 N–H and O–H groups in total. The smallest absolute Gasteiger partial charge is 0.223 e. The fourth-order valence-electron chi connectivity index (χ4n) is 0.976. The number of nitrogens with zero attached hydrogens (tertiary/aromatic N) is 2.